The zero-order chi connectivity index (χ0) is 13.9. The standard InChI is InChI=1S/C12H25NO4S/c1-12(2,15)10-18-9-5-13-11(14)4-6-17-8-7-16-3/h15H,4-10H2,1-3H3,(H,13,14). The third-order valence-electron chi connectivity index (χ3n) is 1.93. The number of amides is 1. The molecule has 6 heteroatoms. The molecule has 0 atom stereocenters. The smallest absolute Gasteiger partial charge is 0.222 e. The van der Waals surface area contributed by atoms with Crippen molar-refractivity contribution in [3.05, 3.63) is 0 Å². The molecule has 0 aliphatic carbocycles. The van der Waals surface area contributed by atoms with Crippen LogP contribution in [-0.2, 0) is 14.3 Å². The van der Waals surface area contributed by atoms with E-state index in [1.54, 1.807) is 32.7 Å². The highest BCUT2D eigenvalue weighted by atomic mass is 32.2. The van der Waals surface area contributed by atoms with Gasteiger partial charge in [0.15, 0.2) is 0 Å². The first kappa shape index (κ1) is 17.7. The second kappa shape index (κ2) is 10.6. The van der Waals surface area contributed by atoms with Gasteiger partial charge in [-0.05, 0) is 13.8 Å². The van der Waals surface area contributed by atoms with Crippen LogP contribution in [0.25, 0.3) is 0 Å². The number of thioether (sulfide) groups is 1. The molecule has 0 saturated heterocycles. The quantitative estimate of drug-likeness (QED) is 0.544. The van der Waals surface area contributed by atoms with E-state index in [0.29, 0.717) is 38.5 Å². The van der Waals surface area contributed by atoms with Crippen LogP contribution in [0.5, 0.6) is 0 Å². The van der Waals surface area contributed by atoms with E-state index >= 15 is 0 Å². The molecule has 0 rings (SSSR count). The van der Waals surface area contributed by atoms with Gasteiger partial charge in [0.1, 0.15) is 0 Å². The maximum absolute atomic E-state index is 11.4. The molecular weight excluding hydrogens is 254 g/mol. The summed E-state index contributed by atoms with van der Waals surface area (Å²) in [6.07, 6.45) is 0.375. The number of aliphatic hydroxyl groups is 1. The lowest BCUT2D eigenvalue weighted by molar-refractivity contribution is -0.122. The van der Waals surface area contributed by atoms with Gasteiger partial charge in [-0.2, -0.15) is 11.8 Å². The maximum atomic E-state index is 11.4. The highest BCUT2D eigenvalue weighted by Gasteiger charge is 2.11. The van der Waals surface area contributed by atoms with Gasteiger partial charge >= 0.3 is 0 Å². The summed E-state index contributed by atoms with van der Waals surface area (Å²) in [5.41, 5.74) is -0.649. The number of hydrogen-bond acceptors (Lipinski definition) is 5. The summed E-state index contributed by atoms with van der Waals surface area (Å²) in [6, 6.07) is 0. The Bertz CT molecular complexity index is 219. The van der Waals surface area contributed by atoms with Crippen molar-refractivity contribution in [2.45, 2.75) is 25.9 Å². The normalized spacial score (nSPS) is 11.6. The Morgan fingerprint density at radius 3 is 2.67 bits per heavy atom. The molecule has 0 radical (unpaired) electrons. The average molecular weight is 279 g/mol. The van der Waals surface area contributed by atoms with Crippen molar-refractivity contribution in [2.75, 3.05) is 45.0 Å². The van der Waals surface area contributed by atoms with Crippen LogP contribution in [0.2, 0.25) is 0 Å². The Hall–Kier alpha value is -0.300. The molecule has 0 aliphatic rings. The molecular formula is C12H25NO4S. The van der Waals surface area contributed by atoms with E-state index in [9.17, 15) is 9.90 Å². The predicted molar refractivity (Wildman–Crippen MR) is 73.9 cm³/mol. The van der Waals surface area contributed by atoms with Gasteiger partial charge in [0.05, 0.1) is 25.4 Å². The van der Waals surface area contributed by atoms with Crippen molar-refractivity contribution in [3.63, 3.8) is 0 Å². The summed E-state index contributed by atoms with van der Waals surface area (Å²) in [4.78, 5) is 11.4. The molecule has 0 saturated carbocycles. The maximum Gasteiger partial charge on any atom is 0.222 e. The lowest BCUT2D eigenvalue weighted by atomic mass is 10.2. The van der Waals surface area contributed by atoms with Gasteiger partial charge in [-0.1, -0.05) is 0 Å². The molecule has 2 N–H and O–H groups in total. The largest absolute Gasteiger partial charge is 0.390 e. The van der Waals surface area contributed by atoms with E-state index in [4.69, 9.17) is 9.47 Å². The minimum Gasteiger partial charge on any atom is -0.390 e. The van der Waals surface area contributed by atoms with E-state index in [1.807, 2.05) is 0 Å². The van der Waals surface area contributed by atoms with Crippen LogP contribution in [0.4, 0.5) is 0 Å². The lowest BCUT2D eigenvalue weighted by Crippen LogP contribution is -2.28. The molecule has 0 fully saturated rings. The van der Waals surface area contributed by atoms with Crippen molar-refractivity contribution in [1.29, 1.82) is 0 Å². The molecule has 0 heterocycles. The minimum absolute atomic E-state index is 0.00345. The first-order valence-corrected chi connectivity index (χ1v) is 7.24. The van der Waals surface area contributed by atoms with Crippen LogP contribution in [0.15, 0.2) is 0 Å². The monoisotopic (exact) mass is 279 g/mol. The van der Waals surface area contributed by atoms with Crippen molar-refractivity contribution in [2.24, 2.45) is 0 Å². The third-order valence-corrected chi connectivity index (χ3v) is 3.33. The molecule has 5 nitrogen and oxygen atoms in total. The first-order valence-electron chi connectivity index (χ1n) is 6.09. The number of rotatable bonds is 11. The van der Waals surface area contributed by atoms with Gasteiger partial charge < -0.3 is 19.9 Å². The van der Waals surface area contributed by atoms with Gasteiger partial charge in [-0.25, -0.2) is 0 Å². The second-order valence-corrected chi connectivity index (χ2v) is 5.68. The van der Waals surface area contributed by atoms with Gasteiger partial charge in [-0.3, -0.25) is 4.79 Å². The summed E-state index contributed by atoms with van der Waals surface area (Å²) in [5.74, 6) is 1.47. The third kappa shape index (κ3) is 13.8. The highest BCUT2D eigenvalue weighted by molar-refractivity contribution is 7.99. The van der Waals surface area contributed by atoms with Crippen LogP contribution < -0.4 is 5.32 Å². The van der Waals surface area contributed by atoms with Gasteiger partial charge in [0.2, 0.25) is 5.91 Å². The van der Waals surface area contributed by atoms with Crippen LogP contribution in [0, 0.1) is 0 Å². The van der Waals surface area contributed by atoms with Crippen molar-refractivity contribution in [1.82, 2.24) is 5.32 Å². The molecule has 1 amide bonds. The number of ether oxygens (including phenoxy) is 2. The zero-order valence-corrected chi connectivity index (χ0v) is 12.3. The molecule has 0 aromatic carbocycles. The Labute approximate surface area is 114 Å². The molecule has 0 aliphatic heterocycles. The summed E-state index contributed by atoms with van der Waals surface area (Å²) < 4.78 is 10.0. The van der Waals surface area contributed by atoms with E-state index < -0.39 is 5.60 Å². The number of carbonyl (C=O) groups excluding carboxylic acids is 1. The number of carbonyl (C=O) groups is 1. The van der Waals surface area contributed by atoms with E-state index in [1.165, 1.54) is 0 Å². The average Bonchev–Trinajstić information content (AvgIpc) is 2.27. The molecule has 108 valence electrons. The summed E-state index contributed by atoms with van der Waals surface area (Å²) in [5, 5.41) is 12.3. The van der Waals surface area contributed by atoms with Crippen LogP contribution >= 0.6 is 11.8 Å². The number of nitrogens with one attached hydrogen (secondary N) is 1. The Morgan fingerprint density at radius 1 is 1.33 bits per heavy atom. The minimum atomic E-state index is -0.649. The number of methoxy groups -OCH3 is 1. The Kier molecular flexibility index (Phi) is 10.4. The van der Waals surface area contributed by atoms with Crippen molar-refractivity contribution in [3.8, 4) is 0 Å². The van der Waals surface area contributed by atoms with Gasteiger partial charge in [-0.15, -0.1) is 0 Å². The fourth-order valence-electron chi connectivity index (χ4n) is 1.08. The predicted octanol–water partition coefficient (Wildman–Crippen LogP) is 0.660. The van der Waals surface area contributed by atoms with Crippen molar-refractivity contribution < 1.29 is 19.4 Å². The zero-order valence-electron chi connectivity index (χ0n) is 11.5. The number of hydrogen-bond donors (Lipinski definition) is 2. The van der Waals surface area contributed by atoms with Gasteiger partial charge in [0, 0.05) is 31.6 Å². The summed E-state index contributed by atoms with van der Waals surface area (Å²) >= 11 is 1.62. The van der Waals surface area contributed by atoms with E-state index in [2.05, 4.69) is 5.32 Å². The second-order valence-electron chi connectivity index (χ2n) is 4.57. The molecule has 0 aromatic heterocycles. The van der Waals surface area contributed by atoms with E-state index in [-0.39, 0.29) is 5.91 Å². The summed E-state index contributed by atoms with van der Waals surface area (Å²) in [6.45, 7) is 5.66. The molecule has 0 bridgehead atoms. The Morgan fingerprint density at radius 2 is 2.06 bits per heavy atom. The molecule has 0 spiro atoms. The highest BCUT2D eigenvalue weighted by Crippen LogP contribution is 2.10. The fourth-order valence-corrected chi connectivity index (χ4v) is 1.97. The first-order chi connectivity index (χ1) is 8.45. The van der Waals surface area contributed by atoms with Crippen LogP contribution in [0.3, 0.4) is 0 Å². The lowest BCUT2D eigenvalue weighted by Gasteiger charge is -2.16. The van der Waals surface area contributed by atoms with Crippen LogP contribution in [-0.4, -0.2) is 61.6 Å². The van der Waals surface area contributed by atoms with Crippen LogP contribution in [0.1, 0.15) is 20.3 Å². The Balaban J connectivity index is 3.27. The fraction of sp³-hybridized carbons (Fsp3) is 0.917. The SMILES string of the molecule is COCCOCCC(=O)NCCSCC(C)(C)O. The topological polar surface area (TPSA) is 67.8 Å². The van der Waals surface area contributed by atoms with E-state index in [0.717, 1.165) is 5.75 Å². The molecule has 18 heavy (non-hydrogen) atoms. The van der Waals surface area contributed by atoms with Gasteiger partial charge in [0.25, 0.3) is 0 Å². The van der Waals surface area contributed by atoms with Crippen molar-refractivity contribution >= 4 is 17.7 Å². The summed E-state index contributed by atoms with van der Waals surface area (Å²) in [7, 11) is 1.61. The molecule has 0 unspecified atom stereocenters. The molecule has 0 aromatic rings.